The average molecular weight is 441 g/mol. The second-order valence-electron chi connectivity index (χ2n) is 3.85. The van der Waals surface area contributed by atoms with E-state index >= 15 is 0 Å². The lowest BCUT2D eigenvalue weighted by Gasteiger charge is -2.11. The van der Waals surface area contributed by atoms with Crippen LogP contribution in [-0.2, 0) is 0 Å². The molecule has 0 spiro atoms. The first-order chi connectivity index (χ1) is 9.56. The van der Waals surface area contributed by atoms with Crippen molar-refractivity contribution in [2.24, 2.45) is 0 Å². The van der Waals surface area contributed by atoms with E-state index in [4.69, 9.17) is 32.7 Å². The topological polar surface area (TPSA) is 18.5 Å². The molecule has 0 heterocycles. The Morgan fingerprint density at radius 1 is 0.750 bits per heavy atom. The molecule has 0 unspecified atom stereocenters. The predicted molar refractivity (Wildman–Crippen MR) is 89.3 cm³/mol. The highest BCUT2D eigenvalue weighted by molar-refractivity contribution is 9.10. The monoisotopic (exact) mass is 438 g/mol. The second kappa shape index (κ2) is 7.55. The van der Waals surface area contributed by atoms with Gasteiger partial charge in [0.1, 0.15) is 24.7 Å². The molecule has 20 heavy (non-hydrogen) atoms. The van der Waals surface area contributed by atoms with Crippen LogP contribution in [0.1, 0.15) is 0 Å². The maximum atomic E-state index is 5.86. The molecule has 2 aromatic carbocycles. The summed E-state index contributed by atoms with van der Waals surface area (Å²) >= 11 is 18.5. The SMILES string of the molecule is Clc1ccc(OCCOc2ccc(Cl)cc2Br)c(Br)c1. The predicted octanol–water partition coefficient (Wildman–Crippen LogP) is 5.98. The zero-order valence-electron chi connectivity index (χ0n) is 10.2. The van der Waals surface area contributed by atoms with Gasteiger partial charge < -0.3 is 9.47 Å². The van der Waals surface area contributed by atoms with Gasteiger partial charge in [-0.15, -0.1) is 0 Å². The van der Waals surface area contributed by atoms with Crippen LogP contribution >= 0.6 is 55.1 Å². The molecule has 6 heteroatoms. The Morgan fingerprint density at radius 3 is 1.50 bits per heavy atom. The molecule has 0 aliphatic heterocycles. The molecule has 106 valence electrons. The molecule has 0 atom stereocenters. The third-order valence-electron chi connectivity index (χ3n) is 2.39. The first kappa shape index (κ1) is 16.0. The van der Waals surface area contributed by atoms with Crippen LogP contribution in [0.25, 0.3) is 0 Å². The Balaban J connectivity index is 1.84. The van der Waals surface area contributed by atoms with Gasteiger partial charge in [-0.25, -0.2) is 0 Å². The van der Waals surface area contributed by atoms with Crippen LogP contribution in [0.4, 0.5) is 0 Å². The van der Waals surface area contributed by atoms with Gasteiger partial charge in [0.15, 0.2) is 0 Å². The third kappa shape index (κ3) is 4.55. The molecule has 2 aromatic rings. The lowest BCUT2D eigenvalue weighted by atomic mass is 10.3. The molecular weight excluding hydrogens is 431 g/mol. The van der Waals surface area contributed by atoms with E-state index in [0.717, 1.165) is 20.4 Å². The molecule has 0 aliphatic rings. The van der Waals surface area contributed by atoms with Crippen LogP contribution in [0.2, 0.25) is 10.0 Å². The summed E-state index contributed by atoms with van der Waals surface area (Å²) < 4.78 is 12.8. The number of halogens is 4. The van der Waals surface area contributed by atoms with Crippen molar-refractivity contribution in [2.45, 2.75) is 0 Å². The Kier molecular flexibility index (Phi) is 6.02. The molecule has 0 saturated carbocycles. The smallest absolute Gasteiger partial charge is 0.133 e. The van der Waals surface area contributed by atoms with E-state index in [1.54, 1.807) is 24.3 Å². The molecule has 0 fully saturated rings. The van der Waals surface area contributed by atoms with Crippen LogP contribution in [0, 0.1) is 0 Å². The molecule has 2 nitrogen and oxygen atoms in total. The van der Waals surface area contributed by atoms with E-state index in [0.29, 0.717) is 23.3 Å². The fourth-order valence-electron chi connectivity index (χ4n) is 1.49. The summed E-state index contributed by atoms with van der Waals surface area (Å²) in [6, 6.07) is 10.7. The summed E-state index contributed by atoms with van der Waals surface area (Å²) in [5.74, 6) is 1.46. The third-order valence-corrected chi connectivity index (χ3v) is 4.10. The van der Waals surface area contributed by atoms with Gasteiger partial charge in [-0.05, 0) is 68.3 Å². The molecule has 2 rings (SSSR count). The molecule has 0 radical (unpaired) electrons. The van der Waals surface area contributed by atoms with Crippen LogP contribution in [0.3, 0.4) is 0 Å². The summed E-state index contributed by atoms with van der Waals surface area (Å²) in [6.45, 7) is 0.852. The largest absolute Gasteiger partial charge is 0.489 e. The highest BCUT2D eigenvalue weighted by atomic mass is 79.9. The highest BCUT2D eigenvalue weighted by Crippen LogP contribution is 2.29. The fourth-order valence-corrected chi connectivity index (χ4v) is 3.08. The van der Waals surface area contributed by atoms with E-state index < -0.39 is 0 Å². The first-order valence-electron chi connectivity index (χ1n) is 5.72. The summed E-state index contributed by atoms with van der Waals surface area (Å²) in [6.07, 6.45) is 0. The molecular formula is C14H10Br2Cl2O2. The van der Waals surface area contributed by atoms with Crippen molar-refractivity contribution in [1.82, 2.24) is 0 Å². The lowest BCUT2D eigenvalue weighted by molar-refractivity contribution is 0.215. The van der Waals surface area contributed by atoms with Crippen molar-refractivity contribution >= 4 is 55.1 Å². The maximum absolute atomic E-state index is 5.86. The number of rotatable bonds is 5. The molecule has 0 bridgehead atoms. The quantitative estimate of drug-likeness (QED) is 0.533. The van der Waals surface area contributed by atoms with Crippen molar-refractivity contribution in [3.63, 3.8) is 0 Å². The normalized spacial score (nSPS) is 10.4. The van der Waals surface area contributed by atoms with E-state index in [-0.39, 0.29) is 0 Å². The molecule has 0 N–H and O–H groups in total. The van der Waals surface area contributed by atoms with Crippen LogP contribution < -0.4 is 9.47 Å². The standard InChI is InChI=1S/C14H10Br2Cl2O2/c15-11-7-9(17)1-3-13(11)19-5-6-20-14-4-2-10(18)8-12(14)16/h1-4,7-8H,5-6H2. The fraction of sp³-hybridized carbons (Fsp3) is 0.143. The molecule has 0 saturated heterocycles. The Bertz CT molecular complexity index is 552. The van der Waals surface area contributed by atoms with Crippen molar-refractivity contribution in [3.8, 4) is 11.5 Å². The summed E-state index contributed by atoms with van der Waals surface area (Å²) in [4.78, 5) is 0. The highest BCUT2D eigenvalue weighted by Gasteiger charge is 2.04. The van der Waals surface area contributed by atoms with Crippen LogP contribution in [-0.4, -0.2) is 13.2 Å². The first-order valence-corrected chi connectivity index (χ1v) is 8.06. The number of hydrogen-bond donors (Lipinski definition) is 0. The molecule has 0 amide bonds. The van der Waals surface area contributed by atoms with Gasteiger partial charge in [-0.2, -0.15) is 0 Å². The van der Waals surface area contributed by atoms with Gasteiger partial charge >= 0.3 is 0 Å². The minimum absolute atomic E-state index is 0.426. The maximum Gasteiger partial charge on any atom is 0.133 e. The average Bonchev–Trinajstić information content (AvgIpc) is 2.39. The summed E-state index contributed by atoms with van der Waals surface area (Å²) in [5, 5.41) is 1.32. The summed E-state index contributed by atoms with van der Waals surface area (Å²) in [7, 11) is 0. The van der Waals surface area contributed by atoms with Crippen molar-refractivity contribution in [2.75, 3.05) is 13.2 Å². The van der Waals surface area contributed by atoms with E-state index in [1.165, 1.54) is 0 Å². The number of benzene rings is 2. The summed E-state index contributed by atoms with van der Waals surface area (Å²) in [5.41, 5.74) is 0. The van der Waals surface area contributed by atoms with Crippen molar-refractivity contribution in [1.29, 1.82) is 0 Å². The zero-order chi connectivity index (χ0) is 14.5. The molecule has 0 aliphatic carbocycles. The van der Waals surface area contributed by atoms with E-state index in [2.05, 4.69) is 31.9 Å². The van der Waals surface area contributed by atoms with Gasteiger partial charge in [-0.3, -0.25) is 0 Å². The van der Waals surface area contributed by atoms with Gasteiger partial charge in [0, 0.05) is 10.0 Å². The Labute approximate surface area is 144 Å². The van der Waals surface area contributed by atoms with Gasteiger partial charge in [0.2, 0.25) is 0 Å². The van der Waals surface area contributed by atoms with E-state index in [9.17, 15) is 0 Å². The van der Waals surface area contributed by atoms with Gasteiger partial charge in [-0.1, -0.05) is 23.2 Å². The van der Waals surface area contributed by atoms with Crippen LogP contribution in [0.5, 0.6) is 11.5 Å². The minimum atomic E-state index is 0.426. The lowest BCUT2D eigenvalue weighted by Crippen LogP contribution is -2.09. The Hall–Kier alpha value is -0.420. The van der Waals surface area contributed by atoms with Gasteiger partial charge in [0.25, 0.3) is 0 Å². The zero-order valence-corrected chi connectivity index (χ0v) is 14.9. The van der Waals surface area contributed by atoms with Crippen LogP contribution in [0.15, 0.2) is 45.3 Å². The van der Waals surface area contributed by atoms with Gasteiger partial charge in [0.05, 0.1) is 8.95 Å². The number of ether oxygens (including phenoxy) is 2. The number of hydrogen-bond acceptors (Lipinski definition) is 2. The Morgan fingerprint density at radius 2 is 1.15 bits per heavy atom. The second-order valence-corrected chi connectivity index (χ2v) is 6.43. The van der Waals surface area contributed by atoms with Crippen molar-refractivity contribution < 1.29 is 9.47 Å². The van der Waals surface area contributed by atoms with Crippen molar-refractivity contribution in [3.05, 3.63) is 55.4 Å². The van der Waals surface area contributed by atoms with E-state index in [1.807, 2.05) is 12.1 Å². The molecule has 0 aromatic heterocycles. The minimum Gasteiger partial charge on any atom is -0.489 e.